The zero-order valence-corrected chi connectivity index (χ0v) is 10.6. The van der Waals surface area contributed by atoms with Gasteiger partial charge in [0.25, 0.3) is 0 Å². The Labute approximate surface area is 112 Å². The third-order valence-corrected chi connectivity index (χ3v) is 2.64. The Balaban J connectivity index is 1.69. The number of para-hydroxylation sites is 1. The van der Waals surface area contributed by atoms with E-state index >= 15 is 0 Å². The lowest BCUT2D eigenvalue weighted by Gasteiger charge is -2.09. The summed E-state index contributed by atoms with van der Waals surface area (Å²) in [6.45, 7) is 1.24. The molecule has 3 nitrogen and oxygen atoms in total. The summed E-state index contributed by atoms with van der Waals surface area (Å²) >= 11 is 0. The summed E-state index contributed by atoms with van der Waals surface area (Å²) in [7, 11) is 0. The Hall–Kier alpha value is -2.23. The average Bonchev–Trinajstić information content (AvgIpc) is 2.42. The van der Waals surface area contributed by atoms with Gasteiger partial charge in [-0.15, -0.1) is 0 Å². The Morgan fingerprint density at radius 3 is 2.63 bits per heavy atom. The number of ether oxygens (including phenoxy) is 1. The van der Waals surface area contributed by atoms with Gasteiger partial charge in [-0.05, 0) is 36.8 Å². The van der Waals surface area contributed by atoms with Crippen LogP contribution < -0.4 is 15.8 Å². The highest BCUT2D eigenvalue weighted by Crippen LogP contribution is 2.16. The second kappa shape index (κ2) is 6.64. The molecule has 19 heavy (non-hydrogen) atoms. The number of rotatable bonds is 6. The molecule has 2 rings (SSSR count). The highest BCUT2D eigenvalue weighted by Gasteiger charge is 2.01. The molecule has 0 aromatic heterocycles. The molecule has 0 fully saturated rings. The fourth-order valence-electron chi connectivity index (χ4n) is 1.68. The molecule has 0 amide bonds. The van der Waals surface area contributed by atoms with Gasteiger partial charge in [0.1, 0.15) is 11.6 Å². The molecule has 4 heteroatoms. The molecule has 0 spiro atoms. The third kappa shape index (κ3) is 4.17. The molecular formula is C15H17FN2O. The molecule has 0 radical (unpaired) electrons. The molecule has 3 N–H and O–H groups in total. The van der Waals surface area contributed by atoms with Gasteiger partial charge >= 0.3 is 0 Å². The Bertz CT molecular complexity index is 517. The minimum atomic E-state index is -0.330. The molecule has 0 saturated carbocycles. The van der Waals surface area contributed by atoms with Crippen LogP contribution in [-0.2, 0) is 0 Å². The summed E-state index contributed by atoms with van der Waals surface area (Å²) in [4.78, 5) is 0. The molecule has 0 aliphatic carbocycles. The second-order valence-electron chi connectivity index (χ2n) is 4.18. The highest BCUT2D eigenvalue weighted by molar-refractivity contribution is 5.52. The van der Waals surface area contributed by atoms with E-state index in [4.69, 9.17) is 10.5 Å². The lowest BCUT2D eigenvalue weighted by molar-refractivity contribution is 0.315. The molecule has 0 heterocycles. The number of nitrogens with one attached hydrogen (secondary N) is 1. The van der Waals surface area contributed by atoms with E-state index in [0.717, 1.165) is 12.2 Å². The van der Waals surface area contributed by atoms with E-state index in [9.17, 15) is 4.39 Å². The van der Waals surface area contributed by atoms with Crippen LogP contribution in [0.1, 0.15) is 6.42 Å². The molecule has 0 unspecified atom stereocenters. The van der Waals surface area contributed by atoms with Gasteiger partial charge in [-0.3, -0.25) is 0 Å². The molecule has 0 bridgehead atoms. The van der Waals surface area contributed by atoms with E-state index in [2.05, 4.69) is 5.32 Å². The van der Waals surface area contributed by atoms with Gasteiger partial charge in [-0.1, -0.05) is 18.2 Å². The van der Waals surface area contributed by atoms with Crippen molar-refractivity contribution >= 4 is 11.4 Å². The van der Waals surface area contributed by atoms with Crippen LogP contribution in [-0.4, -0.2) is 13.2 Å². The second-order valence-corrected chi connectivity index (χ2v) is 4.18. The van der Waals surface area contributed by atoms with Crippen molar-refractivity contribution in [1.82, 2.24) is 0 Å². The summed E-state index contributed by atoms with van der Waals surface area (Å²) in [5.74, 6) is 0.519. The highest BCUT2D eigenvalue weighted by atomic mass is 19.1. The van der Waals surface area contributed by atoms with Crippen molar-refractivity contribution in [3.63, 3.8) is 0 Å². The van der Waals surface area contributed by atoms with Gasteiger partial charge in [-0.2, -0.15) is 0 Å². The maximum Gasteiger partial charge on any atom is 0.148 e. The number of anilines is 2. The van der Waals surface area contributed by atoms with Crippen LogP contribution in [0.5, 0.6) is 5.75 Å². The fourth-order valence-corrected chi connectivity index (χ4v) is 1.68. The maximum atomic E-state index is 13.5. The molecule has 0 atom stereocenters. The van der Waals surface area contributed by atoms with Crippen LogP contribution in [0.3, 0.4) is 0 Å². The Morgan fingerprint density at radius 1 is 1.11 bits per heavy atom. The zero-order chi connectivity index (χ0) is 13.5. The van der Waals surface area contributed by atoms with Crippen LogP contribution >= 0.6 is 0 Å². The minimum Gasteiger partial charge on any atom is -0.494 e. The number of hydrogen-bond acceptors (Lipinski definition) is 3. The molecule has 2 aromatic rings. The van der Waals surface area contributed by atoms with Gasteiger partial charge in [0.15, 0.2) is 0 Å². The lowest BCUT2D eigenvalue weighted by atomic mass is 10.2. The van der Waals surface area contributed by atoms with Crippen LogP contribution in [0.25, 0.3) is 0 Å². The van der Waals surface area contributed by atoms with Crippen molar-refractivity contribution in [3.05, 3.63) is 54.3 Å². The summed E-state index contributed by atoms with van der Waals surface area (Å²) in [6.07, 6.45) is 0.790. The lowest BCUT2D eigenvalue weighted by Crippen LogP contribution is -2.08. The third-order valence-electron chi connectivity index (χ3n) is 2.64. The largest absolute Gasteiger partial charge is 0.494 e. The SMILES string of the molecule is Nc1ccc(NCCCOc2ccccc2)c(F)c1. The fraction of sp³-hybridized carbons (Fsp3) is 0.200. The van der Waals surface area contributed by atoms with Gasteiger partial charge in [0, 0.05) is 12.2 Å². The monoisotopic (exact) mass is 260 g/mol. The number of nitrogen functional groups attached to an aromatic ring is 1. The number of nitrogens with two attached hydrogens (primary N) is 1. The van der Waals surface area contributed by atoms with E-state index in [1.807, 2.05) is 30.3 Å². The summed E-state index contributed by atoms with van der Waals surface area (Å²) in [6, 6.07) is 14.2. The van der Waals surface area contributed by atoms with Crippen LogP contribution in [0.2, 0.25) is 0 Å². The summed E-state index contributed by atoms with van der Waals surface area (Å²) in [5.41, 5.74) is 6.37. The Morgan fingerprint density at radius 2 is 1.89 bits per heavy atom. The van der Waals surface area contributed by atoms with Gasteiger partial charge in [0.2, 0.25) is 0 Å². The first-order valence-electron chi connectivity index (χ1n) is 6.22. The van der Waals surface area contributed by atoms with E-state index in [0.29, 0.717) is 24.5 Å². The number of benzene rings is 2. The van der Waals surface area contributed by atoms with Crippen LogP contribution in [0, 0.1) is 5.82 Å². The number of hydrogen-bond donors (Lipinski definition) is 2. The molecule has 100 valence electrons. The molecule has 0 aliphatic rings. The van der Waals surface area contributed by atoms with Crippen LogP contribution in [0.4, 0.5) is 15.8 Å². The quantitative estimate of drug-likeness (QED) is 0.619. The zero-order valence-electron chi connectivity index (χ0n) is 10.6. The van der Waals surface area contributed by atoms with E-state index < -0.39 is 0 Å². The van der Waals surface area contributed by atoms with Gasteiger partial charge in [0.05, 0.1) is 12.3 Å². The summed E-state index contributed by atoms with van der Waals surface area (Å²) < 4.78 is 19.0. The van der Waals surface area contributed by atoms with E-state index in [1.165, 1.54) is 6.07 Å². The predicted octanol–water partition coefficient (Wildman–Crippen LogP) is 3.29. The van der Waals surface area contributed by atoms with Crippen molar-refractivity contribution < 1.29 is 9.13 Å². The minimum absolute atomic E-state index is 0.330. The van der Waals surface area contributed by atoms with Crippen molar-refractivity contribution in [2.45, 2.75) is 6.42 Å². The molecular weight excluding hydrogens is 243 g/mol. The molecule has 0 saturated heterocycles. The van der Waals surface area contributed by atoms with Crippen molar-refractivity contribution in [3.8, 4) is 5.75 Å². The Kier molecular flexibility index (Phi) is 4.61. The standard InChI is InChI=1S/C15H17FN2O/c16-14-11-12(17)7-8-15(14)18-9-4-10-19-13-5-2-1-3-6-13/h1-3,5-8,11,18H,4,9-10,17H2. The van der Waals surface area contributed by atoms with Crippen molar-refractivity contribution in [2.75, 3.05) is 24.2 Å². The topological polar surface area (TPSA) is 47.3 Å². The first-order chi connectivity index (χ1) is 9.25. The van der Waals surface area contributed by atoms with E-state index in [-0.39, 0.29) is 5.82 Å². The predicted molar refractivity (Wildman–Crippen MR) is 75.9 cm³/mol. The molecule has 2 aromatic carbocycles. The molecule has 0 aliphatic heterocycles. The van der Waals surface area contributed by atoms with Crippen LogP contribution in [0.15, 0.2) is 48.5 Å². The van der Waals surface area contributed by atoms with E-state index in [1.54, 1.807) is 12.1 Å². The smallest absolute Gasteiger partial charge is 0.148 e. The van der Waals surface area contributed by atoms with Gasteiger partial charge in [-0.25, -0.2) is 4.39 Å². The normalized spacial score (nSPS) is 10.2. The number of halogens is 1. The first-order valence-corrected chi connectivity index (χ1v) is 6.22. The maximum absolute atomic E-state index is 13.5. The summed E-state index contributed by atoms with van der Waals surface area (Å²) in [5, 5.41) is 3.02. The average molecular weight is 260 g/mol. The van der Waals surface area contributed by atoms with Gasteiger partial charge < -0.3 is 15.8 Å². The van der Waals surface area contributed by atoms with Crippen molar-refractivity contribution in [2.24, 2.45) is 0 Å². The first kappa shape index (κ1) is 13.2. The van der Waals surface area contributed by atoms with Crippen molar-refractivity contribution in [1.29, 1.82) is 0 Å².